The van der Waals surface area contributed by atoms with Gasteiger partial charge in [-0.05, 0) is 30.3 Å². The predicted molar refractivity (Wildman–Crippen MR) is 74.7 cm³/mol. The highest BCUT2D eigenvalue weighted by Gasteiger charge is 2.14. The molecule has 0 radical (unpaired) electrons. The van der Waals surface area contributed by atoms with Crippen LogP contribution in [0.15, 0.2) is 40.9 Å². The Balaban J connectivity index is 1.89. The molecule has 0 fully saturated rings. The third-order valence-electron chi connectivity index (χ3n) is 2.81. The molecule has 0 atom stereocenters. The van der Waals surface area contributed by atoms with E-state index in [1.54, 1.807) is 0 Å². The molecular weight excluding hydrogens is 310 g/mol. The minimum Gasteiger partial charge on any atom is -0.457 e. The smallest absolute Gasteiger partial charge is 0.231 e. The van der Waals surface area contributed by atoms with Crippen molar-refractivity contribution in [3.05, 3.63) is 46.4 Å². The number of benzene rings is 2. The van der Waals surface area contributed by atoms with E-state index in [4.69, 9.17) is 19.9 Å². The summed E-state index contributed by atoms with van der Waals surface area (Å²) in [5, 5.41) is 0. The van der Waals surface area contributed by atoms with Crippen molar-refractivity contribution in [1.29, 1.82) is 0 Å². The van der Waals surface area contributed by atoms with E-state index in [9.17, 15) is 0 Å². The number of rotatable bonds is 3. The molecule has 98 valence electrons. The van der Waals surface area contributed by atoms with Gasteiger partial charge in [0.1, 0.15) is 11.5 Å². The molecule has 2 N–H and O–H groups in total. The Kier molecular flexibility index (Phi) is 3.31. The number of hydrogen-bond acceptors (Lipinski definition) is 4. The summed E-state index contributed by atoms with van der Waals surface area (Å²) in [7, 11) is 0. The van der Waals surface area contributed by atoms with E-state index < -0.39 is 0 Å². The van der Waals surface area contributed by atoms with Gasteiger partial charge in [-0.3, -0.25) is 0 Å². The Labute approximate surface area is 119 Å². The fraction of sp³-hybridized carbons (Fsp3) is 0.143. The van der Waals surface area contributed by atoms with Crippen LogP contribution in [0.4, 0.5) is 0 Å². The Morgan fingerprint density at radius 1 is 1.11 bits per heavy atom. The highest BCUT2D eigenvalue weighted by Crippen LogP contribution is 2.37. The monoisotopic (exact) mass is 321 g/mol. The average molecular weight is 322 g/mol. The average Bonchev–Trinajstić information content (AvgIpc) is 2.88. The molecule has 1 aliphatic rings. The van der Waals surface area contributed by atoms with Crippen LogP contribution in [0.2, 0.25) is 0 Å². The fourth-order valence-electron chi connectivity index (χ4n) is 1.87. The van der Waals surface area contributed by atoms with Crippen LogP contribution in [0.1, 0.15) is 5.56 Å². The highest BCUT2D eigenvalue weighted by atomic mass is 79.9. The number of nitrogens with two attached hydrogens (primary N) is 1. The van der Waals surface area contributed by atoms with Crippen LogP contribution in [0.5, 0.6) is 23.0 Å². The molecule has 0 bridgehead atoms. The number of halogens is 1. The van der Waals surface area contributed by atoms with Crippen molar-refractivity contribution in [3.8, 4) is 23.0 Å². The topological polar surface area (TPSA) is 53.7 Å². The van der Waals surface area contributed by atoms with Gasteiger partial charge in [0.2, 0.25) is 6.79 Å². The van der Waals surface area contributed by atoms with E-state index in [1.165, 1.54) is 0 Å². The third kappa shape index (κ3) is 2.52. The summed E-state index contributed by atoms with van der Waals surface area (Å²) in [6.45, 7) is 0.671. The molecule has 0 saturated carbocycles. The Hall–Kier alpha value is -1.72. The summed E-state index contributed by atoms with van der Waals surface area (Å²) >= 11 is 3.42. The van der Waals surface area contributed by atoms with Gasteiger partial charge in [-0.2, -0.15) is 0 Å². The van der Waals surface area contributed by atoms with Crippen LogP contribution in [0.25, 0.3) is 0 Å². The Morgan fingerprint density at radius 3 is 2.79 bits per heavy atom. The van der Waals surface area contributed by atoms with E-state index >= 15 is 0 Å². The minimum absolute atomic E-state index is 0.255. The molecular formula is C14H12BrNO3. The lowest BCUT2D eigenvalue weighted by atomic mass is 10.2. The molecule has 5 heteroatoms. The lowest BCUT2D eigenvalue weighted by Gasteiger charge is -2.10. The molecule has 0 aliphatic carbocycles. The Morgan fingerprint density at radius 2 is 1.95 bits per heavy atom. The highest BCUT2D eigenvalue weighted by molar-refractivity contribution is 9.10. The van der Waals surface area contributed by atoms with Gasteiger partial charge in [0.15, 0.2) is 11.5 Å². The second-order valence-electron chi connectivity index (χ2n) is 4.07. The summed E-state index contributed by atoms with van der Waals surface area (Å²) in [4.78, 5) is 0. The van der Waals surface area contributed by atoms with Gasteiger partial charge in [0, 0.05) is 22.6 Å². The molecule has 0 amide bonds. The van der Waals surface area contributed by atoms with E-state index in [-0.39, 0.29) is 6.79 Å². The van der Waals surface area contributed by atoms with Crippen LogP contribution in [0.3, 0.4) is 0 Å². The zero-order valence-electron chi connectivity index (χ0n) is 10.1. The van der Waals surface area contributed by atoms with Gasteiger partial charge >= 0.3 is 0 Å². The van der Waals surface area contributed by atoms with E-state index in [0.29, 0.717) is 18.0 Å². The second kappa shape index (κ2) is 5.11. The van der Waals surface area contributed by atoms with Gasteiger partial charge in [-0.25, -0.2) is 0 Å². The summed E-state index contributed by atoms with van der Waals surface area (Å²) < 4.78 is 17.4. The summed E-state index contributed by atoms with van der Waals surface area (Å²) in [5.74, 6) is 2.87. The van der Waals surface area contributed by atoms with Crippen LogP contribution < -0.4 is 19.9 Å². The van der Waals surface area contributed by atoms with Gasteiger partial charge in [0.05, 0.1) is 0 Å². The Bertz CT molecular complexity index is 616. The zero-order chi connectivity index (χ0) is 13.2. The van der Waals surface area contributed by atoms with E-state index in [0.717, 1.165) is 21.5 Å². The fourth-order valence-corrected chi connectivity index (χ4v) is 2.28. The molecule has 3 rings (SSSR count). The largest absolute Gasteiger partial charge is 0.457 e. The van der Waals surface area contributed by atoms with Crippen LogP contribution >= 0.6 is 15.9 Å². The minimum atomic E-state index is 0.255. The first-order valence-electron chi connectivity index (χ1n) is 5.82. The van der Waals surface area contributed by atoms with Gasteiger partial charge in [-0.15, -0.1) is 0 Å². The molecule has 4 nitrogen and oxygen atoms in total. The zero-order valence-corrected chi connectivity index (χ0v) is 11.6. The summed E-state index contributed by atoms with van der Waals surface area (Å²) in [5.41, 5.74) is 6.65. The third-order valence-corrected chi connectivity index (χ3v) is 3.31. The number of hydrogen-bond donors (Lipinski definition) is 1. The van der Waals surface area contributed by atoms with Crippen molar-refractivity contribution in [1.82, 2.24) is 0 Å². The van der Waals surface area contributed by atoms with Crippen molar-refractivity contribution in [2.24, 2.45) is 5.73 Å². The van der Waals surface area contributed by atoms with Crippen molar-refractivity contribution < 1.29 is 14.2 Å². The molecule has 0 saturated heterocycles. The van der Waals surface area contributed by atoms with Gasteiger partial charge in [0.25, 0.3) is 0 Å². The van der Waals surface area contributed by atoms with E-state index in [2.05, 4.69) is 15.9 Å². The van der Waals surface area contributed by atoms with Gasteiger partial charge < -0.3 is 19.9 Å². The standard InChI is InChI=1S/C14H12BrNO3/c15-10-1-3-12(9(5-10)7-16)19-11-2-4-13-14(6-11)18-8-17-13/h1-6H,7-8,16H2. The van der Waals surface area contributed by atoms with Gasteiger partial charge in [-0.1, -0.05) is 15.9 Å². The first kappa shape index (κ1) is 12.3. The van der Waals surface area contributed by atoms with Crippen molar-refractivity contribution in [2.45, 2.75) is 6.54 Å². The first-order chi connectivity index (χ1) is 9.26. The molecule has 2 aromatic carbocycles. The summed E-state index contributed by atoms with van der Waals surface area (Å²) in [6, 6.07) is 11.2. The van der Waals surface area contributed by atoms with Crippen LogP contribution in [0, 0.1) is 0 Å². The normalized spacial score (nSPS) is 12.5. The summed E-state index contributed by atoms with van der Waals surface area (Å²) in [6.07, 6.45) is 0. The van der Waals surface area contributed by atoms with Crippen molar-refractivity contribution >= 4 is 15.9 Å². The van der Waals surface area contributed by atoms with Crippen molar-refractivity contribution in [3.63, 3.8) is 0 Å². The first-order valence-corrected chi connectivity index (χ1v) is 6.61. The van der Waals surface area contributed by atoms with Crippen LogP contribution in [-0.2, 0) is 6.54 Å². The van der Waals surface area contributed by atoms with Crippen molar-refractivity contribution in [2.75, 3.05) is 6.79 Å². The van der Waals surface area contributed by atoms with Crippen LogP contribution in [-0.4, -0.2) is 6.79 Å². The lowest BCUT2D eigenvalue weighted by molar-refractivity contribution is 0.174. The SMILES string of the molecule is NCc1cc(Br)ccc1Oc1ccc2c(c1)OCO2. The quantitative estimate of drug-likeness (QED) is 0.941. The molecule has 0 unspecified atom stereocenters. The molecule has 1 aliphatic heterocycles. The maximum Gasteiger partial charge on any atom is 0.231 e. The maximum absolute atomic E-state index is 5.84. The molecule has 0 aromatic heterocycles. The number of fused-ring (bicyclic) bond motifs is 1. The number of ether oxygens (including phenoxy) is 3. The maximum atomic E-state index is 5.84. The van der Waals surface area contributed by atoms with E-state index in [1.807, 2.05) is 36.4 Å². The predicted octanol–water partition coefficient (Wildman–Crippen LogP) is 3.43. The molecule has 2 aromatic rings. The second-order valence-corrected chi connectivity index (χ2v) is 4.99. The lowest BCUT2D eigenvalue weighted by Crippen LogP contribution is -1.99. The molecule has 0 spiro atoms. The molecule has 19 heavy (non-hydrogen) atoms. The molecule has 1 heterocycles.